The molecule has 0 spiro atoms. The van der Waals surface area contributed by atoms with Crippen LogP contribution in [-0.2, 0) is 4.74 Å². The lowest BCUT2D eigenvalue weighted by atomic mass is 10.2. The molecule has 2 aliphatic rings. The van der Waals surface area contributed by atoms with Crippen LogP contribution in [0, 0.1) is 0 Å². The van der Waals surface area contributed by atoms with Gasteiger partial charge in [0.1, 0.15) is 0 Å². The zero-order valence-corrected chi connectivity index (χ0v) is 12.7. The lowest BCUT2D eigenvalue weighted by molar-refractivity contribution is 0.0331. The third-order valence-corrected chi connectivity index (χ3v) is 4.44. The van der Waals surface area contributed by atoms with Gasteiger partial charge in [0.15, 0.2) is 0 Å². The summed E-state index contributed by atoms with van der Waals surface area (Å²) in [7, 11) is 0. The lowest BCUT2D eigenvalue weighted by Crippen LogP contribution is -2.49. The molecule has 0 saturated carbocycles. The summed E-state index contributed by atoms with van der Waals surface area (Å²) in [5.41, 5.74) is 7.97. The number of hydrogen-bond donors (Lipinski definition) is 1. The monoisotopic (exact) mass is 290 g/mol. The van der Waals surface area contributed by atoms with Crippen molar-refractivity contribution in [3.8, 4) is 0 Å². The van der Waals surface area contributed by atoms with E-state index in [4.69, 9.17) is 10.5 Å². The van der Waals surface area contributed by atoms with E-state index < -0.39 is 0 Å². The number of morpholine rings is 1. The number of benzene rings is 1. The molecule has 0 bridgehead atoms. The van der Waals surface area contributed by atoms with E-state index in [1.165, 1.54) is 18.8 Å². The molecule has 2 saturated heterocycles. The van der Waals surface area contributed by atoms with Crippen molar-refractivity contribution in [3.63, 3.8) is 0 Å². The van der Waals surface area contributed by atoms with Crippen LogP contribution in [0.1, 0.15) is 0 Å². The van der Waals surface area contributed by atoms with Crippen LogP contribution in [0.15, 0.2) is 24.3 Å². The van der Waals surface area contributed by atoms with Gasteiger partial charge >= 0.3 is 0 Å². The smallest absolute Gasteiger partial charge is 0.0594 e. The van der Waals surface area contributed by atoms with Crippen molar-refractivity contribution in [2.75, 3.05) is 76.2 Å². The average molecular weight is 290 g/mol. The maximum atomic E-state index is 5.87. The quantitative estimate of drug-likeness (QED) is 0.828. The van der Waals surface area contributed by atoms with E-state index in [0.717, 1.165) is 58.2 Å². The number of nitrogens with zero attached hydrogens (tertiary/aromatic N) is 3. The fourth-order valence-electron chi connectivity index (χ4n) is 3.06. The van der Waals surface area contributed by atoms with Crippen molar-refractivity contribution < 1.29 is 4.74 Å². The van der Waals surface area contributed by atoms with Gasteiger partial charge in [0.2, 0.25) is 0 Å². The Kier molecular flexibility index (Phi) is 4.95. The van der Waals surface area contributed by atoms with Gasteiger partial charge in [-0.15, -0.1) is 0 Å². The summed E-state index contributed by atoms with van der Waals surface area (Å²) < 4.78 is 5.39. The molecule has 5 nitrogen and oxygen atoms in total. The Labute approximate surface area is 127 Å². The summed E-state index contributed by atoms with van der Waals surface area (Å²) in [6.45, 7) is 10.8. The van der Waals surface area contributed by atoms with Crippen LogP contribution in [0.5, 0.6) is 0 Å². The van der Waals surface area contributed by atoms with E-state index in [-0.39, 0.29) is 0 Å². The molecule has 2 fully saturated rings. The highest BCUT2D eigenvalue weighted by atomic mass is 16.5. The highest BCUT2D eigenvalue weighted by molar-refractivity contribution is 5.56. The second kappa shape index (κ2) is 7.11. The van der Waals surface area contributed by atoms with Crippen molar-refractivity contribution in [1.29, 1.82) is 0 Å². The molecule has 0 unspecified atom stereocenters. The molecule has 5 heteroatoms. The average Bonchev–Trinajstić information content (AvgIpc) is 2.54. The molecular weight excluding hydrogens is 264 g/mol. The fraction of sp³-hybridized carbons (Fsp3) is 0.625. The second-order valence-corrected chi connectivity index (χ2v) is 5.88. The molecular formula is C16H26N4O. The molecule has 2 heterocycles. The Morgan fingerprint density at radius 3 is 2.24 bits per heavy atom. The number of hydrogen-bond acceptors (Lipinski definition) is 5. The normalized spacial score (nSPS) is 21.6. The van der Waals surface area contributed by atoms with Crippen LogP contribution in [0.3, 0.4) is 0 Å². The first kappa shape index (κ1) is 14.6. The summed E-state index contributed by atoms with van der Waals surface area (Å²) >= 11 is 0. The highest BCUT2D eigenvalue weighted by Gasteiger charge is 2.18. The zero-order chi connectivity index (χ0) is 14.5. The minimum Gasteiger partial charge on any atom is -0.399 e. The topological polar surface area (TPSA) is 45.0 Å². The molecule has 1 aromatic rings. The van der Waals surface area contributed by atoms with Crippen molar-refractivity contribution in [1.82, 2.24) is 9.80 Å². The fourth-order valence-corrected chi connectivity index (χ4v) is 3.06. The SMILES string of the molecule is Nc1cccc(N2CCN(CCN3CCOCC3)CC2)c1. The summed E-state index contributed by atoms with van der Waals surface area (Å²) in [6.07, 6.45) is 0. The molecule has 3 rings (SSSR count). The first-order chi connectivity index (χ1) is 10.3. The van der Waals surface area contributed by atoms with Crippen molar-refractivity contribution in [2.45, 2.75) is 0 Å². The first-order valence-corrected chi connectivity index (χ1v) is 7.94. The lowest BCUT2D eigenvalue weighted by Gasteiger charge is -2.37. The molecule has 116 valence electrons. The van der Waals surface area contributed by atoms with E-state index in [0.29, 0.717) is 0 Å². The standard InChI is InChI=1S/C16H26N4O/c17-15-2-1-3-16(14-15)20-8-6-18(7-9-20)4-5-19-10-12-21-13-11-19/h1-3,14H,4-13,17H2. The third-order valence-electron chi connectivity index (χ3n) is 4.44. The van der Waals surface area contributed by atoms with Crippen LogP contribution >= 0.6 is 0 Å². The Hall–Kier alpha value is -1.30. The van der Waals surface area contributed by atoms with E-state index in [1.54, 1.807) is 0 Å². The van der Waals surface area contributed by atoms with Gasteiger partial charge in [0, 0.05) is 63.7 Å². The Balaban J connectivity index is 1.42. The molecule has 0 aromatic heterocycles. The predicted octanol–water partition coefficient (Wildman–Crippen LogP) is 0.723. The minimum atomic E-state index is 0.849. The van der Waals surface area contributed by atoms with Crippen molar-refractivity contribution in [3.05, 3.63) is 24.3 Å². The summed E-state index contributed by atoms with van der Waals surface area (Å²) in [4.78, 5) is 7.51. The third kappa shape index (κ3) is 4.09. The highest BCUT2D eigenvalue weighted by Crippen LogP contribution is 2.19. The van der Waals surface area contributed by atoms with Crippen molar-refractivity contribution >= 4 is 11.4 Å². The van der Waals surface area contributed by atoms with Crippen LogP contribution < -0.4 is 10.6 Å². The number of rotatable bonds is 4. The van der Waals surface area contributed by atoms with E-state index in [1.807, 2.05) is 12.1 Å². The second-order valence-electron chi connectivity index (χ2n) is 5.88. The van der Waals surface area contributed by atoms with E-state index in [9.17, 15) is 0 Å². The van der Waals surface area contributed by atoms with Crippen molar-refractivity contribution in [2.24, 2.45) is 0 Å². The van der Waals surface area contributed by atoms with Gasteiger partial charge in [-0.05, 0) is 18.2 Å². The van der Waals surface area contributed by atoms with Gasteiger partial charge in [-0.1, -0.05) is 6.07 Å². The minimum absolute atomic E-state index is 0.849. The first-order valence-electron chi connectivity index (χ1n) is 7.94. The number of ether oxygens (including phenoxy) is 1. The molecule has 21 heavy (non-hydrogen) atoms. The molecule has 0 amide bonds. The van der Waals surface area contributed by atoms with Gasteiger partial charge < -0.3 is 15.4 Å². The molecule has 1 aromatic carbocycles. The Morgan fingerprint density at radius 2 is 1.57 bits per heavy atom. The zero-order valence-electron chi connectivity index (χ0n) is 12.7. The maximum absolute atomic E-state index is 5.87. The summed E-state index contributed by atoms with van der Waals surface area (Å²) in [6, 6.07) is 8.21. The van der Waals surface area contributed by atoms with Crippen LogP contribution in [0.4, 0.5) is 11.4 Å². The van der Waals surface area contributed by atoms with Crippen LogP contribution in [0.2, 0.25) is 0 Å². The van der Waals surface area contributed by atoms with Gasteiger partial charge in [-0.25, -0.2) is 0 Å². The molecule has 0 radical (unpaired) electrons. The van der Waals surface area contributed by atoms with Crippen LogP contribution in [0.25, 0.3) is 0 Å². The molecule has 0 atom stereocenters. The van der Waals surface area contributed by atoms with Gasteiger partial charge in [-0.3, -0.25) is 9.80 Å². The summed E-state index contributed by atoms with van der Waals surface area (Å²) in [5, 5.41) is 0. The van der Waals surface area contributed by atoms with E-state index in [2.05, 4.69) is 26.8 Å². The van der Waals surface area contributed by atoms with Crippen LogP contribution in [-0.4, -0.2) is 75.4 Å². The number of nitrogen functional groups attached to an aromatic ring is 1. The molecule has 2 N–H and O–H groups in total. The van der Waals surface area contributed by atoms with Gasteiger partial charge in [0.25, 0.3) is 0 Å². The number of nitrogens with two attached hydrogens (primary N) is 1. The Morgan fingerprint density at radius 1 is 0.905 bits per heavy atom. The Bertz CT molecular complexity index is 440. The predicted molar refractivity (Wildman–Crippen MR) is 86.8 cm³/mol. The molecule has 0 aliphatic carbocycles. The largest absolute Gasteiger partial charge is 0.399 e. The summed E-state index contributed by atoms with van der Waals surface area (Å²) in [5.74, 6) is 0. The van der Waals surface area contributed by atoms with Gasteiger partial charge in [-0.2, -0.15) is 0 Å². The number of piperazine rings is 1. The molecule has 2 aliphatic heterocycles. The van der Waals surface area contributed by atoms with Gasteiger partial charge in [0.05, 0.1) is 13.2 Å². The number of anilines is 2. The maximum Gasteiger partial charge on any atom is 0.0594 e. The van der Waals surface area contributed by atoms with E-state index >= 15 is 0 Å².